The van der Waals surface area contributed by atoms with E-state index in [0.717, 1.165) is 37.5 Å². The highest BCUT2D eigenvalue weighted by Crippen LogP contribution is 2.18. The Kier molecular flexibility index (Phi) is 3.07. The number of nitrogens with zero attached hydrogens (tertiary/aromatic N) is 2. The molecule has 15 heavy (non-hydrogen) atoms. The van der Waals surface area contributed by atoms with Gasteiger partial charge in [0.2, 0.25) is 0 Å². The van der Waals surface area contributed by atoms with Gasteiger partial charge in [0, 0.05) is 19.2 Å². The largest absolute Gasteiger partial charge is 0.392 e. The molecule has 84 valence electrons. The molecule has 0 radical (unpaired) electrons. The fraction of sp³-hybridized carbons (Fsp3) is 0.727. The van der Waals surface area contributed by atoms with Crippen molar-refractivity contribution in [3.63, 3.8) is 0 Å². The first-order valence-corrected chi connectivity index (χ1v) is 5.48. The van der Waals surface area contributed by atoms with E-state index in [4.69, 9.17) is 4.52 Å². The van der Waals surface area contributed by atoms with Crippen LogP contribution in [0.1, 0.15) is 24.8 Å². The van der Waals surface area contributed by atoms with Gasteiger partial charge in [-0.25, -0.2) is 0 Å². The van der Waals surface area contributed by atoms with E-state index in [1.54, 1.807) is 0 Å². The molecule has 0 saturated carbocycles. The van der Waals surface area contributed by atoms with E-state index in [0.29, 0.717) is 5.92 Å². The van der Waals surface area contributed by atoms with Gasteiger partial charge in [0.05, 0.1) is 11.8 Å². The van der Waals surface area contributed by atoms with Crippen LogP contribution in [0, 0.1) is 12.8 Å². The van der Waals surface area contributed by atoms with Crippen molar-refractivity contribution in [1.82, 2.24) is 10.1 Å². The minimum Gasteiger partial charge on any atom is -0.392 e. The maximum Gasteiger partial charge on any atom is 0.133 e. The Balaban J connectivity index is 1.90. The lowest BCUT2D eigenvalue weighted by molar-refractivity contribution is 0.0251. The summed E-state index contributed by atoms with van der Waals surface area (Å²) < 4.78 is 5.01. The van der Waals surface area contributed by atoms with Crippen LogP contribution in [-0.4, -0.2) is 34.4 Å². The van der Waals surface area contributed by atoms with Crippen LogP contribution in [0.2, 0.25) is 0 Å². The van der Waals surface area contributed by atoms with Crippen LogP contribution >= 0.6 is 0 Å². The summed E-state index contributed by atoms with van der Waals surface area (Å²) in [5, 5.41) is 13.7. The predicted octanol–water partition coefficient (Wildman–Crippen LogP) is 1.19. The number of β-amino-alcohol motifs (C(OH)–C–C–N with tert-alkyl or cyclic N) is 1. The van der Waals surface area contributed by atoms with Crippen molar-refractivity contribution in [2.45, 2.75) is 32.9 Å². The molecular formula is C11H18N2O2. The van der Waals surface area contributed by atoms with Crippen molar-refractivity contribution in [3.05, 3.63) is 17.5 Å². The lowest BCUT2D eigenvalue weighted by Gasteiger charge is -2.33. The molecule has 1 aromatic rings. The molecule has 1 N–H and O–H groups in total. The highest BCUT2D eigenvalue weighted by Gasteiger charge is 2.24. The summed E-state index contributed by atoms with van der Waals surface area (Å²) in [6.07, 6.45) is 0.851. The first-order chi connectivity index (χ1) is 7.15. The van der Waals surface area contributed by atoms with Crippen molar-refractivity contribution in [2.24, 2.45) is 5.92 Å². The Morgan fingerprint density at radius 2 is 2.47 bits per heavy atom. The summed E-state index contributed by atoms with van der Waals surface area (Å²) in [4.78, 5) is 2.22. The molecule has 2 rings (SSSR count). The maximum atomic E-state index is 9.75. The number of aryl methyl sites for hydroxylation is 1. The van der Waals surface area contributed by atoms with Crippen molar-refractivity contribution >= 4 is 0 Å². The van der Waals surface area contributed by atoms with Gasteiger partial charge in [0.25, 0.3) is 0 Å². The van der Waals surface area contributed by atoms with Gasteiger partial charge in [-0.05, 0) is 25.8 Å². The van der Waals surface area contributed by atoms with Gasteiger partial charge < -0.3 is 9.63 Å². The first kappa shape index (κ1) is 10.6. The summed E-state index contributed by atoms with van der Waals surface area (Å²) >= 11 is 0. The zero-order valence-electron chi connectivity index (χ0n) is 9.31. The monoisotopic (exact) mass is 210 g/mol. The first-order valence-electron chi connectivity index (χ1n) is 5.48. The standard InChI is InChI=1S/C11H18N2O2/c1-8-3-4-13(7-11(8)14)6-10-5-9(2)15-12-10/h5,8,11,14H,3-4,6-7H2,1-2H3. The van der Waals surface area contributed by atoms with Crippen LogP contribution in [0.15, 0.2) is 10.6 Å². The van der Waals surface area contributed by atoms with E-state index >= 15 is 0 Å². The highest BCUT2D eigenvalue weighted by molar-refractivity contribution is 5.03. The second-order valence-corrected chi connectivity index (χ2v) is 4.50. The van der Waals surface area contributed by atoms with Crippen LogP contribution in [0.5, 0.6) is 0 Å². The topological polar surface area (TPSA) is 49.5 Å². The molecule has 0 spiro atoms. The zero-order valence-corrected chi connectivity index (χ0v) is 9.31. The summed E-state index contributed by atoms with van der Waals surface area (Å²) in [5.41, 5.74) is 0.953. The fourth-order valence-electron chi connectivity index (χ4n) is 1.98. The minimum absolute atomic E-state index is 0.202. The molecule has 1 aliphatic rings. The van der Waals surface area contributed by atoms with Crippen LogP contribution < -0.4 is 0 Å². The normalized spacial score (nSPS) is 28.2. The fourth-order valence-corrected chi connectivity index (χ4v) is 1.98. The minimum atomic E-state index is -0.202. The zero-order chi connectivity index (χ0) is 10.8. The Hall–Kier alpha value is -0.870. The molecule has 0 aromatic carbocycles. The molecule has 1 saturated heterocycles. The van der Waals surface area contributed by atoms with Crippen LogP contribution in [0.25, 0.3) is 0 Å². The van der Waals surface area contributed by atoms with Crippen molar-refractivity contribution in [1.29, 1.82) is 0 Å². The van der Waals surface area contributed by atoms with Gasteiger partial charge in [0.15, 0.2) is 0 Å². The molecule has 1 aromatic heterocycles. The van der Waals surface area contributed by atoms with Crippen LogP contribution in [0.3, 0.4) is 0 Å². The highest BCUT2D eigenvalue weighted by atomic mass is 16.5. The molecule has 0 aliphatic carbocycles. The molecule has 1 aliphatic heterocycles. The Morgan fingerprint density at radius 3 is 3.07 bits per heavy atom. The van der Waals surface area contributed by atoms with Gasteiger partial charge in [-0.15, -0.1) is 0 Å². The number of aromatic nitrogens is 1. The van der Waals surface area contributed by atoms with Crippen molar-refractivity contribution < 1.29 is 9.63 Å². The number of piperidine rings is 1. The molecular weight excluding hydrogens is 192 g/mol. The molecule has 4 nitrogen and oxygen atoms in total. The van der Waals surface area contributed by atoms with E-state index < -0.39 is 0 Å². The van der Waals surface area contributed by atoms with Gasteiger partial charge in [-0.3, -0.25) is 4.90 Å². The van der Waals surface area contributed by atoms with Crippen LogP contribution in [-0.2, 0) is 6.54 Å². The summed E-state index contributed by atoms with van der Waals surface area (Å²) in [6, 6.07) is 1.95. The van der Waals surface area contributed by atoms with Crippen molar-refractivity contribution in [2.75, 3.05) is 13.1 Å². The molecule has 2 unspecified atom stereocenters. The summed E-state index contributed by atoms with van der Waals surface area (Å²) in [6.45, 7) is 6.55. The quantitative estimate of drug-likeness (QED) is 0.796. The Morgan fingerprint density at radius 1 is 1.67 bits per heavy atom. The number of hydrogen-bond donors (Lipinski definition) is 1. The molecule has 1 fully saturated rings. The Bertz CT molecular complexity index is 324. The maximum absolute atomic E-state index is 9.75. The lowest BCUT2D eigenvalue weighted by atomic mass is 9.96. The average Bonchev–Trinajstić information content (AvgIpc) is 2.58. The molecule has 0 bridgehead atoms. The number of aliphatic hydroxyl groups excluding tert-OH is 1. The SMILES string of the molecule is Cc1cc(CN2CCC(C)C(O)C2)no1. The second-order valence-electron chi connectivity index (χ2n) is 4.50. The average molecular weight is 210 g/mol. The third kappa shape index (κ3) is 2.58. The summed E-state index contributed by atoms with van der Waals surface area (Å²) in [7, 11) is 0. The molecule has 4 heteroatoms. The Labute approximate surface area is 89.9 Å². The van der Waals surface area contributed by atoms with Gasteiger partial charge >= 0.3 is 0 Å². The van der Waals surface area contributed by atoms with E-state index in [1.165, 1.54) is 0 Å². The number of aliphatic hydroxyl groups is 1. The third-order valence-electron chi connectivity index (χ3n) is 3.07. The third-order valence-corrected chi connectivity index (χ3v) is 3.07. The molecule has 0 amide bonds. The van der Waals surface area contributed by atoms with Gasteiger partial charge in [-0.2, -0.15) is 0 Å². The van der Waals surface area contributed by atoms with E-state index in [9.17, 15) is 5.11 Å². The lowest BCUT2D eigenvalue weighted by Crippen LogP contribution is -2.42. The second kappa shape index (κ2) is 4.33. The predicted molar refractivity (Wildman–Crippen MR) is 56.3 cm³/mol. The number of likely N-dealkylation sites (tertiary alicyclic amines) is 1. The molecule has 2 atom stereocenters. The van der Waals surface area contributed by atoms with Gasteiger partial charge in [0.1, 0.15) is 5.76 Å². The summed E-state index contributed by atoms with van der Waals surface area (Å²) in [5.74, 6) is 1.26. The van der Waals surface area contributed by atoms with E-state index in [1.807, 2.05) is 13.0 Å². The smallest absolute Gasteiger partial charge is 0.133 e. The molecule has 2 heterocycles. The number of rotatable bonds is 2. The van der Waals surface area contributed by atoms with Crippen LogP contribution in [0.4, 0.5) is 0 Å². The van der Waals surface area contributed by atoms with Crippen molar-refractivity contribution in [3.8, 4) is 0 Å². The van der Waals surface area contributed by atoms with E-state index in [-0.39, 0.29) is 6.10 Å². The number of hydrogen-bond acceptors (Lipinski definition) is 4. The van der Waals surface area contributed by atoms with E-state index in [2.05, 4.69) is 17.0 Å². The van der Waals surface area contributed by atoms with Gasteiger partial charge in [-0.1, -0.05) is 12.1 Å².